The molecule has 1 aromatic carbocycles. The number of hydrogen-bond acceptors (Lipinski definition) is 7. The van der Waals surface area contributed by atoms with E-state index in [1.807, 2.05) is 12.3 Å². The van der Waals surface area contributed by atoms with E-state index in [2.05, 4.69) is 86.4 Å². The van der Waals surface area contributed by atoms with E-state index in [0.29, 0.717) is 12.4 Å². The maximum absolute atomic E-state index is 5.96. The number of rotatable bonds is 9. The van der Waals surface area contributed by atoms with E-state index in [1.165, 1.54) is 24.0 Å². The van der Waals surface area contributed by atoms with Crippen LogP contribution in [0.5, 0.6) is 0 Å². The molecule has 9 heteroatoms. The third kappa shape index (κ3) is 4.28. The molecule has 32 heavy (non-hydrogen) atoms. The summed E-state index contributed by atoms with van der Waals surface area (Å²) in [6, 6.07) is 8.50. The Labute approximate surface area is 187 Å². The Hall–Kier alpha value is -3.49. The number of benzene rings is 1. The van der Waals surface area contributed by atoms with E-state index in [4.69, 9.17) is 5.73 Å². The summed E-state index contributed by atoms with van der Waals surface area (Å²) in [7, 11) is 0. The Morgan fingerprint density at radius 1 is 1.16 bits per heavy atom. The summed E-state index contributed by atoms with van der Waals surface area (Å²) in [4.78, 5) is 8.93. The first-order chi connectivity index (χ1) is 15.4. The number of aryl methyl sites for hydroxylation is 1. The van der Waals surface area contributed by atoms with Crippen molar-refractivity contribution < 1.29 is 0 Å². The predicted molar refractivity (Wildman–Crippen MR) is 127 cm³/mol. The van der Waals surface area contributed by atoms with Gasteiger partial charge in [0.05, 0.1) is 10.9 Å². The van der Waals surface area contributed by atoms with E-state index in [1.54, 1.807) is 0 Å². The molecular formula is C23H31N9. The molecule has 3 heterocycles. The van der Waals surface area contributed by atoms with Crippen molar-refractivity contribution in [3.63, 3.8) is 0 Å². The third-order valence-electron chi connectivity index (χ3n) is 6.02. The predicted octanol–water partition coefficient (Wildman–Crippen LogP) is 3.81. The van der Waals surface area contributed by atoms with Crippen molar-refractivity contribution in [1.29, 1.82) is 0 Å². The van der Waals surface area contributed by atoms with Gasteiger partial charge in [0.25, 0.3) is 0 Å². The Balaban J connectivity index is 1.68. The van der Waals surface area contributed by atoms with Crippen molar-refractivity contribution in [2.24, 2.45) is 0 Å². The highest BCUT2D eigenvalue weighted by atomic mass is 15.5. The molecule has 0 unspecified atom stereocenters. The Morgan fingerprint density at radius 3 is 2.75 bits per heavy atom. The van der Waals surface area contributed by atoms with Gasteiger partial charge in [0.2, 0.25) is 5.95 Å². The zero-order valence-corrected chi connectivity index (χ0v) is 19.2. The second-order valence-corrected chi connectivity index (χ2v) is 8.74. The van der Waals surface area contributed by atoms with E-state index in [-0.39, 0.29) is 11.4 Å². The Morgan fingerprint density at radius 2 is 2.00 bits per heavy atom. The molecule has 0 radical (unpaired) electrons. The average molecular weight is 434 g/mol. The maximum Gasteiger partial charge on any atom is 0.222 e. The van der Waals surface area contributed by atoms with Crippen LogP contribution >= 0.6 is 0 Å². The van der Waals surface area contributed by atoms with Crippen molar-refractivity contribution >= 4 is 22.8 Å². The smallest absolute Gasteiger partial charge is 0.222 e. The molecule has 3 aromatic heterocycles. The summed E-state index contributed by atoms with van der Waals surface area (Å²) in [6.45, 7) is 10.1. The maximum atomic E-state index is 5.96. The Kier molecular flexibility index (Phi) is 6.07. The molecule has 0 saturated carbocycles. The number of nitrogens with one attached hydrogen (secondary N) is 2. The lowest BCUT2D eigenvalue weighted by Crippen LogP contribution is -2.21. The molecule has 0 aliphatic carbocycles. The molecule has 4 rings (SSSR count). The number of fused-ring (bicyclic) bond motifs is 1. The number of hydrogen-bond donors (Lipinski definition) is 3. The first-order valence-corrected chi connectivity index (χ1v) is 11.1. The molecule has 0 saturated heterocycles. The van der Waals surface area contributed by atoms with Crippen LogP contribution in [0.2, 0.25) is 0 Å². The summed E-state index contributed by atoms with van der Waals surface area (Å²) in [5, 5.41) is 18.2. The van der Waals surface area contributed by atoms with Crippen molar-refractivity contribution in [2.45, 2.75) is 58.9 Å². The number of nitrogens with zero attached hydrogens (tertiary/aromatic N) is 6. The number of aromatic amines is 1. The van der Waals surface area contributed by atoms with E-state index < -0.39 is 0 Å². The lowest BCUT2D eigenvalue weighted by molar-refractivity contribution is 0.590. The van der Waals surface area contributed by atoms with Gasteiger partial charge in [0.1, 0.15) is 5.52 Å². The van der Waals surface area contributed by atoms with E-state index in [0.717, 1.165) is 35.4 Å². The number of nitrogens with two attached hydrogens (primary N) is 1. The van der Waals surface area contributed by atoms with Gasteiger partial charge in [-0.2, -0.15) is 10.2 Å². The highest BCUT2D eigenvalue weighted by Gasteiger charge is 2.28. The number of aromatic nitrogens is 7. The van der Waals surface area contributed by atoms with Gasteiger partial charge in [0, 0.05) is 19.3 Å². The quantitative estimate of drug-likeness (QED) is 0.343. The standard InChI is InChI=1S/C23H31N9/c1-5-6-7-11-25-20-19-18(26-22(24)27-20)10-12-32(19)14-16-13-17(9-8-15(16)2)23(3,4)21-28-30-31-29-21/h8-10,12-13H,5-7,11,14H2,1-4H3,(H3,24,25,26,27)(H,28,29,30,31). The zero-order chi connectivity index (χ0) is 22.7. The minimum absolute atomic E-state index is 0.285. The summed E-state index contributed by atoms with van der Waals surface area (Å²) < 4.78 is 2.18. The largest absolute Gasteiger partial charge is 0.368 e. The lowest BCUT2D eigenvalue weighted by Gasteiger charge is -2.23. The number of unbranched alkanes of at least 4 members (excludes halogenated alkanes) is 2. The molecule has 4 aromatic rings. The summed E-state index contributed by atoms with van der Waals surface area (Å²) >= 11 is 0. The average Bonchev–Trinajstić information content (AvgIpc) is 3.43. The van der Waals surface area contributed by atoms with Gasteiger partial charge in [0.15, 0.2) is 11.6 Å². The molecule has 0 spiro atoms. The van der Waals surface area contributed by atoms with E-state index in [9.17, 15) is 0 Å². The summed E-state index contributed by atoms with van der Waals surface area (Å²) in [5.74, 6) is 1.74. The van der Waals surface area contributed by atoms with Crippen LogP contribution in [0.15, 0.2) is 30.5 Å². The minimum Gasteiger partial charge on any atom is -0.368 e. The van der Waals surface area contributed by atoms with Gasteiger partial charge in [-0.3, -0.25) is 0 Å². The van der Waals surface area contributed by atoms with Crippen LogP contribution in [0, 0.1) is 6.92 Å². The van der Waals surface area contributed by atoms with Gasteiger partial charge in [-0.25, -0.2) is 4.98 Å². The second-order valence-electron chi connectivity index (χ2n) is 8.74. The molecule has 4 N–H and O–H groups in total. The topological polar surface area (TPSA) is 123 Å². The van der Waals surface area contributed by atoms with Crippen LogP contribution in [0.3, 0.4) is 0 Å². The number of nitrogen functional groups attached to an aromatic ring is 1. The van der Waals surface area contributed by atoms with E-state index >= 15 is 0 Å². The first kappa shape index (κ1) is 21.7. The highest BCUT2D eigenvalue weighted by molar-refractivity contribution is 5.87. The fourth-order valence-electron chi connectivity index (χ4n) is 3.93. The molecule has 0 amide bonds. The van der Waals surface area contributed by atoms with Gasteiger partial charge in [-0.1, -0.05) is 43.2 Å². The molecule has 0 fully saturated rings. The van der Waals surface area contributed by atoms with Crippen LogP contribution in [0.4, 0.5) is 11.8 Å². The van der Waals surface area contributed by atoms with Crippen molar-refractivity contribution in [2.75, 3.05) is 17.6 Å². The van der Waals surface area contributed by atoms with Crippen LogP contribution in [-0.4, -0.2) is 41.7 Å². The molecular weight excluding hydrogens is 402 g/mol. The normalized spacial score (nSPS) is 11.9. The Bertz CT molecular complexity index is 1190. The molecule has 168 valence electrons. The minimum atomic E-state index is -0.363. The monoisotopic (exact) mass is 433 g/mol. The zero-order valence-electron chi connectivity index (χ0n) is 19.2. The van der Waals surface area contributed by atoms with Crippen molar-refractivity contribution in [3.05, 3.63) is 53.0 Å². The van der Waals surface area contributed by atoms with Crippen LogP contribution in [0.25, 0.3) is 11.0 Å². The molecule has 0 bridgehead atoms. The highest BCUT2D eigenvalue weighted by Crippen LogP contribution is 2.31. The lowest BCUT2D eigenvalue weighted by atomic mass is 9.82. The van der Waals surface area contributed by atoms with Gasteiger partial charge < -0.3 is 15.6 Å². The fraction of sp³-hybridized carbons (Fsp3) is 0.435. The fourth-order valence-corrected chi connectivity index (χ4v) is 3.93. The second kappa shape index (κ2) is 8.94. The molecule has 9 nitrogen and oxygen atoms in total. The summed E-state index contributed by atoms with van der Waals surface area (Å²) in [5.41, 5.74) is 11.0. The third-order valence-corrected chi connectivity index (χ3v) is 6.02. The summed E-state index contributed by atoms with van der Waals surface area (Å²) in [6.07, 6.45) is 5.50. The van der Waals surface area contributed by atoms with Gasteiger partial charge in [-0.05, 0) is 49.9 Å². The van der Waals surface area contributed by atoms with Gasteiger partial charge in [-0.15, -0.1) is 10.2 Å². The number of tetrazole rings is 1. The van der Waals surface area contributed by atoms with Crippen LogP contribution in [0.1, 0.15) is 62.5 Å². The first-order valence-electron chi connectivity index (χ1n) is 11.1. The molecule has 0 aliphatic heterocycles. The molecule has 0 aliphatic rings. The van der Waals surface area contributed by atoms with Crippen LogP contribution < -0.4 is 11.1 Å². The van der Waals surface area contributed by atoms with Gasteiger partial charge >= 0.3 is 0 Å². The van der Waals surface area contributed by atoms with Crippen molar-refractivity contribution in [1.82, 2.24) is 35.2 Å². The number of anilines is 2. The molecule has 0 atom stereocenters. The van der Waals surface area contributed by atoms with Crippen molar-refractivity contribution in [3.8, 4) is 0 Å². The number of H-pyrrole nitrogens is 1. The SMILES string of the molecule is CCCCCNc1nc(N)nc2ccn(Cc3cc(C(C)(C)c4nn[nH]n4)ccc3C)c12. The van der Waals surface area contributed by atoms with Crippen LogP contribution in [-0.2, 0) is 12.0 Å².